The van der Waals surface area contributed by atoms with Gasteiger partial charge in [-0.15, -0.1) is 0 Å². The lowest BCUT2D eigenvalue weighted by Gasteiger charge is -2.04. The third-order valence-corrected chi connectivity index (χ3v) is 6.10. The van der Waals surface area contributed by atoms with Crippen molar-refractivity contribution in [2.75, 3.05) is 6.26 Å². The van der Waals surface area contributed by atoms with Gasteiger partial charge >= 0.3 is 0 Å². The number of fused-ring (bicyclic) bond motifs is 1. The molecule has 2 heterocycles. The zero-order chi connectivity index (χ0) is 16.8. The van der Waals surface area contributed by atoms with Crippen LogP contribution in [0, 0.1) is 6.92 Å². The number of H-pyrrole nitrogens is 1. The number of sulfone groups is 1. The van der Waals surface area contributed by atoms with Gasteiger partial charge in [0.1, 0.15) is 5.03 Å². The Bertz CT molecular complexity index is 1080. The molecule has 0 aliphatic heterocycles. The summed E-state index contributed by atoms with van der Waals surface area (Å²) in [6.45, 7) is 1.59. The van der Waals surface area contributed by atoms with Crippen LogP contribution < -0.4 is 5.56 Å². The summed E-state index contributed by atoms with van der Waals surface area (Å²) < 4.78 is 38.9. The predicted molar refractivity (Wildman–Crippen MR) is 84.8 cm³/mol. The highest BCUT2D eigenvalue weighted by molar-refractivity contribution is 7.92. The predicted octanol–water partition coefficient (Wildman–Crippen LogP) is 0.901. The molecular weight excluding hydrogens is 338 g/mol. The zero-order valence-corrected chi connectivity index (χ0v) is 13.9. The van der Waals surface area contributed by atoms with Crippen molar-refractivity contribution in [2.24, 2.45) is 0 Å². The molecule has 0 amide bonds. The van der Waals surface area contributed by atoms with Gasteiger partial charge in [0.25, 0.3) is 5.56 Å². The summed E-state index contributed by atoms with van der Waals surface area (Å²) in [6.07, 6.45) is 1.34. The highest BCUT2D eigenvalue weighted by atomic mass is 32.2. The monoisotopic (exact) mass is 351 g/mol. The summed E-state index contributed by atoms with van der Waals surface area (Å²) in [5.74, 6) is 0. The Morgan fingerprint density at radius 2 is 1.87 bits per heavy atom. The number of nitrogens with one attached hydrogen (secondary N) is 1. The van der Waals surface area contributed by atoms with E-state index in [-0.39, 0.29) is 20.5 Å². The van der Waals surface area contributed by atoms with Crippen LogP contribution in [0.3, 0.4) is 0 Å². The lowest BCUT2D eigenvalue weighted by Crippen LogP contribution is -2.15. The Morgan fingerprint density at radius 1 is 1.22 bits per heavy atom. The van der Waals surface area contributed by atoms with Crippen LogP contribution in [0.1, 0.15) is 5.69 Å². The van der Waals surface area contributed by atoms with E-state index in [1.165, 1.54) is 24.5 Å². The first-order valence-corrected chi connectivity index (χ1v) is 9.62. The largest absolute Gasteiger partial charge is 0.280 e. The van der Waals surface area contributed by atoms with Crippen molar-refractivity contribution in [2.45, 2.75) is 21.7 Å². The molecule has 2 aromatic heterocycles. The minimum Gasteiger partial charge on any atom is -0.280 e. The second kappa shape index (κ2) is 5.43. The summed E-state index contributed by atoms with van der Waals surface area (Å²) in [7, 11) is -5.62. The Balaban J connectivity index is 2.48. The molecule has 0 spiro atoms. The molecular formula is C14H13N3O4S2. The first-order valence-electron chi connectivity index (χ1n) is 6.58. The van der Waals surface area contributed by atoms with Gasteiger partial charge in [-0.3, -0.25) is 14.1 Å². The summed E-state index contributed by atoms with van der Waals surface area (Å²) in [4.78, 5) is 16.0. The smallest absolute Gasteiger partial charge is 0.272 e. The summed E-state index contributed by atoms with van der Waals surface area (Å²) in [6, 6.07) is 9.03. The van der Waals surface area contributed by atoms with Crippen molar-refractivity contribution in [1.29, 1.82) is 0 Å². The number of hydrogen-bond donors (Lipinski definition) is 1. The van der Waals surface area contributed by atoms with Crippen molar-refractivity contribution in [1.82, 2.24) is 14.6 Å². The van der Waals surface area contributed by atoms with Gasteiger partial charge in [-0.05, 0) is 19.1 Å². The summed E-state index contributed by atoms with van der Waals surface area (Å²) in [5, 5.41) is 2.55. The van der Waals surface area contributed by atoms with E-state index >= 15 is 0 Å². The number of rotatable bonds is 3. The molecule has 1 atom stereocenters. The molecule has 0 aliphatic carbocycles. The molecule has 1 unspecified atom stereocenters. The lowest BCUT2D eigenvalue weighted by molar-refractivity contribution is 0.594. The molecule has 7 nitrogen and oxygen atoms in total. The van der Waals surface area contributed by atoms with E-state index in [0.717, 1.165) is 4.52 Å². The molecule has 9 heteroatoms. The molecule has 3 rings (SSSR count). The number of aromatic nitrogens is 3. The average Bonchev–Trinajstić information content (AvgIpc) is 2.88. The van der Waals surface area contributed by atoms with Crippen LogP contribution >= 0.6 is 0 Å². The minimum absolute atomic E-state index is 0.0453. The van der Waals surface area contributed by atoms with Crippen molar-refractivity contribution < 1.29 is 12.6 Å². The van der Waals surface area contributed by atoms with Crippen molar-refractivity contribution in [3.8, 4) is 0 Å². The number of benzene rings is 1. The maximum Gasteiger partial charge on any atom is 0.272 e. The number of hydrogen-bond acceptors (Lipinski definition) is 5. The number of aromatic amines is 1. The van der Waals surface area contributed by atoms with E-state index < -0.39 is 26.2 Å². The molecule has 23 heavy (non-hydrogen) atoms. The first-order chi connectivity index (χ1) is 10.8. The lowest BCUT2D eigenvalue weighted by atomic mass is 10.4. The fraction of sp³-hybridized carbons (Fsp3) is 0.143. The maximum atomic E-state index is 12.9. The van der Waals surface area contributed by atoms with Gasteiger partial charge in [0.2, 0.25) is 9.84 Å². The topological polar surface area (TPSA) is 101 Å². The van der Waals surface area contributed by atoms with E-state index in [1.807, 2.05) is 0 Å². The summed E-state index contributed by atoms with van der Waals surface area (Å²) in [5.41, 5.74) is -0.135. The van der Waals surface area contributed by atoms with Crippen molar-refractivity contribution in [3.63, 3.8) is 0 Å². The second-order valence-corrected chi connectivity index (χ2v) is 8.14. The van der Waals surface area contributed by atoms with Gasteiger partial charge in [0, 0.05) is 18.0 Å². The SMILES string of the molecule is Cc1cc(=O)n2[nH]c(S(C)=O)c(S(=O)(=O)c3ccccc3)c2n1. The third kappa shape index (κ3) is 2.51. The molecule has 0 radical (unpaired) electrons. The van der Waals surface area contributed by atoms with E-state index in [0.29, 0.717) is 5.69 Å². The van der Waals surface area contributed by atoms with E-state index in [2.05, 4.69) is 10.1 Å². The van der Waals surface area contributed by atoms with Crippen LogP contribution in [0.5, 0.6) is 0 Å². The van der Waals surface area contributed by atoms with Gasteiger partial charge in [-0.2, -0.15) is 4.52 Å². The van der Waals surface area contributed by atoms with Crippen molar-refractivity contribution in [3.05, 3.63) is 52.4 Å². The molecule has 1 N–H and O–H groups in total. The van der Waals surface area contributed by atoms with Gasteiger partial charge in [-0.25, -0.2) is 13.4 Å². The molecule has 0 bridgehead atoms. The van der Waals surface area contributed by atoms with E-state index in [1.54, 1.807) is 25.1 Å². The van der Waals surface area contributed by atoms with Crippen LogP contribution in [0.25, 0.3) is 5.65 Å². The summed E-state index contributed by atoms with van der Waals surface area (Å²) >= 11 is 0. The molecule has 0 aliphatic rings. The van der Waals surface area contributed by atoms with Gasteiger partial charge in [-0.1, -0.05) is 18.2 Å². The van der Waals surface area contributed by atoms with Gasteiger partial charge < -0.3 is 0 Å². The molecule has 3 aromatic rings. The quantitative estimate of drug-likeness (QED) is 0.755. The zero-order valence-electron chi connectivity index (χ0n) is 12.3. The Morgan fingerprint density at radius 3 is 2.48 bits per heavy atom. The normalized spacial score (nSPS) is 13.3. The maximum absolute atomic E-state index is 12.9. The van der Waals surface area contributed by atoms with Gasteiger partial charge in [0.15, 0.2) is 10.5 Å². The van der Waals surface area contributed by atoms with E-state index in [9.17, 15) is 17.4 Å². The highest BCUT2D eigenvalue weighted by Gasteiger charge is 2.29. The number of aryl methyl sites for hydroxylation is 1. The van der Waals surface area contributed by atoms with Gasteiger partial charge in [0.05, 0.1) is 15.7 Å². The average molecular weight is 351 g/mol. The molecule has 120 valence electrons. The minimum atomic E-state index is -3.98. The molecule has 1 aromatic carbocycles. The third-order valence-electron chi connectivity index (χ3n) is 3.28. The van der Waals surface area contributed by atoms with Crippen LogP contribution in [-0.4, -0.2) is 33.5 Å². The molecule has 0 saturated carbocycles. The van der Waals surface area contributed by atoms with Crippen LogP contribution in [-0.2, 0) is 20.6 Å². The Labute approximate surface area is 134 Å². The first kappa shape index (κ1) is 15.6. The van der Waals surface area contributed by atoms with Crippen LogP contribution in [0.15, 0.2) is 56.0 Å². The van der Waals surface area contributed by atoms with E-state index in [4.69, 9.17) is 0 Å². The standard InChI is InChI=1S/C14H13N3O4S2/c1-9-8-11(18)17-13(15-9)12(14(16-17)22(2)19)23(20,21)10-6-4-3-5-7-10/h3-8,16H,1-2H3. The fourth-order valence-corrected chi connectivity index (χ4v) is 4.94. The fourth-order valence-electron chi connectivity index (χ4n) is 2.27. The van der Waals surface area contributed by atoms with Crippen LogP contribution in [0.2, 0.25) is 0 Å². The van der Waals surface area contributed by atoms with Crippen LogP contribution in [0.4, 0.5) is 0 Å². The van der Waals surface area contributed by atoms with Crippen molar-refractivity contribution >= 4 is 26.3 Å². The number of nitrogens with zero attached hydrogens (tertiary/aromatic N) is 2. The molecule has 0 saturated heterocycles. The Hall–Kier alpha value is -2.26. The molecule has 0 fully saturated rings. The Kier molecular flexibility index (Phi) is 3.69. The second-order valence-electron chi connectivity index (χ2n) is 4.94. The highest BCUT2D eigenvalue weighted by Crippen LogP contribution is 2.28.